The molecule has 1 aliphatic heterocycles. The van der Waals surface area contributed by atoms with E-state index in [4.69, 9.17) is 0 Å². The lowest BCUT2D eigenvalue weighted by molar-refractivity contribution is -0.121. The van der Waals surface area contributed by atoms with Crippen LogP contribution in [0.25, 0.3) is 0 Å². The number of nitrogens with one attached hydrogen (secondary N) is 1. The molecule has 118 valence electrons. The molecule has 1 heterocycles. The Morgan fingerprint density at radius 2 is 1.74 bits per heavy atom. The first-order valence-corrected chi connectivity index (χ1v) is 7.73. The molecule has 0 radical (unpaired) electrons. The molecular weight excluding hydrogens is 288 g/mol. The van der Waals surface area contributed by atoms with E-state index in [1.807, 2.05) is 63.2 Å². The van der Waals surface area contributed by atoms with Crippen molar-refractivity contribution in [2.45, 2.75) is 33.2 Å². The number of benzene rings is 2. The van der Waals surface area contributed by atoms with E-state index in [-0.39, 0.29) is 18.2 Å². The van der Waals surface area contributed by atoms with Crippen molar-refractivity contribution < 1.29 is 9.59 Å². The third kappa shape index (κ3) is 2.84. The number of carbonyl (C=O) groups is 2. The van der Waals surface area contributed by atoms with Crippen molar-refractivity contribution in [3.05, 3.63) is 59.2 Å². The van der Waals surface area contributed by atoms with Crippen LogP contribution in [0.1, 0.15) is 23.1 Å². The van der Waals surface area contributed by atoms with Gasteiger partial charge in [0, 0.05) is 5.69 Å². The SMILES string of the molecule is Cc1ccc(N2C(=O)CC(Nc3ccccc3C)C2=O)c(C)c1. The minimum atomic E-state index is -0.510. The maximum absolute atomic E-state index is 12.7. The first-order chi connectivity index (χ1) is 11.0. The number of hydrogen-bond donors (Lipinski definition) is 1. The van der Waals surface area contributed by atoms with Gasteiger partial charge in [0.15, 0.2) is 0 Å². The van der Waals surface area contributed by atoms with E-state index < -0.39 is 6.04 Å². The summed E-state index contributed by atoms with van der Waals surface area (Å²) >= 11 is 0. The van der Waals surface area contributed by atoms with E-state index in [0.29, 0.717) is 5.69 Å². The molecule has 0 bridgehead atoms. The van der Waals surface area contributed by atoms with Gasteiger partial charge in [0.1, 0.15) is 6.04 Å². The molecular formula is C19H20N2O2. The molecule has 2 aromatic carbocycles. The molecule has 1 atom stereocenters. The summed E-state index contributed by atoms with van der Waals surface area (Å²) < 4.78 is 0. The van der Waals surface area contributed by atoms with Crippen LogP contribution in [0.2, 0.25) is 0 Å². The summed E-state index contributed by atoms with van der Waals surface area (Å²) in [6, 6.07) is 13.0. The van der Waals surface area contributed by atoms with Crippen molar-refractivity contribution in [1.82, 2.24) is 0 Å². The number of aryl methyl sites for hydroxylation is 3. The summed E-state index contributed by atoms with van der Waals surface area (Å²) in [6.45, 7) is 5.89. The molecule has 0 aliphatic carbocycles. The van der Waals surface area contributed by atoms with Crippen molar-refractivity contribution >= 4 is 23.2 Å². The van der Waals surface area contributed by atoms with Crippen LogP contribution in [0.5, 0.6) is 0 Å². The van der Waals surface area contributed by atoms with E-state index in [1.54, 1.807) is 0 Å². The minimum Gasteiger partial charge on any atom is -0.373 e. The number of rotatable bonds is 3. The highest BCUT2D eigenvalue weighted by molar-refractivity contribution is 6.23. The molecule has 1 unspecified atom stereocenters. The van der Waals surface area contributed by atoms with Crippen LogP contribution in [0, 0.1) is 20.8 Å². The summed E-state index contributed by atoms with van der Waals surface area (Å²) in [6.07, 6.45) is 0.181. The van der Waals surface area contributed by atoms with E-state index in [9.17, 15) is 9.59 Å². The number of anilines is 2. The Kier molecular flexibility index (Phi) is 3.90. The topological polar surface area (TPSA) is 49.4 Å². The Hall–Kier alpha value is -2.62. The van der Waals surface area contributed by atoms with Crippen LogP contribution in [0.3, 0.4) is 0 Å². The number of hydrogen-bond acceptors (Lipinski definition) is 3. The van der Waals surface area contributed by atoms with Crippen molar-refractivity contribution in [2.75, 3.05) is 10.2 Å². The van der Waals surface area contributed by atoms with Crippen LogP contribution in [0.4, 0.5) is 11.4 Å². The molecule has 4 heteroatoms. The zero-order valence-corrected chi connectivity index (χ0v) is 13.6. The Morgan fingerprint density at radius 3 is 2.43 bits per heavy atom. The van der Waals surface area contributed by atoms with Crippen LogP contribution in [-0.4, -0.2) is 17.9 Å². The van der Waals surface area contributed by atoms with Crippen LogP contribution in [0.15, 0.2) is 42.5 Å². The molecule has 1 saturated heterocycles. The van der Waals surface area contributed by atoms with Crippen molar-refractivity contribution in [3.8, 4) is 0 Å². The number of para-hydroxylation sites is 1. The van der Waals surface area contributed by atoms with E-state index in [0.717, 1.165) is 22.4 Å². The first-order valence-electron chi connectivity index (χ1n) is 7.73. The van der Waals surface area contributed by atoms with E-state index in [1.165, 1.54) is 4.90 Å². The van der Waals surface area contributed by atoms with Gasteiger partial charge in [0.2, 0.25) is 5.91 Å². The number of amides is 2. The third-order valence-electron chi connectivity index (χ3n) is 4.21. The molecule has 0 saturated carbocycles. The minimum absolute atomic E-state index is 0.159. The lowest BCUT2D eigenvalue weighted by Gasteiger charge is -2.19. The Bertz CT molecular complexity index is 783. The highest BCUT2D eigenvalue weighted by Crippen LogP contribution is 2.28. The zero-order chi connectivity index (χ0) is 16.6. The predicted octanol–water partition coefficient (Wildman–Crippen LogP) is 3.36. The third-order valence-corrected chi connectivity index (χ3v) is 4.21. The molecule has 23 heavy (non-hydrogen) atoms. The Morgan fingerprint density at radius 1 is 1.00 bits per heavy atom. The fourth-order valence-corrected chi connectivity index (χ4v) is 2.98. The van der Waals surface area contributed by atoms with Crippen molar-refractivity contribution in [1.29, 1.82) is 0 Å². The van der Waals surface area contributed by atoms with E-state index in [2.05, 4.69) is 5.32 Å². The smallest absolute Gasteiger partial charge is 0.256 e. The fraction of sp³-hybridized carbons (Fsp3) is 0.263. The maximum Gasteiger partial charge on any atom is 0.256 e. The Labute approximate surface area is 136 Å². The van der Waals surface area contributed by atoms with Gasteiger partial charge >= 0.3 is 0 Å². The summed E-state index contributed by atoms with van der Waals surface area (Å²) in [5, 5.41) is 3.21. The number of carbonyl (C=O) groups excluding carboxylic acids is 2. The molecule has 2 amide bonds. The average Bonchev–Trinajstić information content (AvgIpc) is 2.77. The maximum atomic E-state index is 12.7. The summed E-state index contributed by atoms with van der Waals surface area (Å²) in [5.41, 5.74) is 4.67. The number of imide groups is 1. The highest BCUT2D eigenvalue weighted by atomic mass is 16.2. The summed E-state index contributed by atoms with van der Waals surface area (Å²) in [5.74, 6) is -0.349. The summed E-state index contributed by atoms with van der Waals surface area (Å²) in [7, 11) is 0. The highest BCUT2D eigenvalue weighted by Gasteiger charge is 2.40. The van der Waals surface area contributed by atoms with E-state index >= 15 is 0 Å². The van der Waals surface area contributed by atoms with Gasteiger partial charge in [-0.05, 0) is 44.0 Å². The van der Waals surface area contributed by atoms with Crippen LogP contribution in [-0.2, 0) is 9.59 Å². The molecule has 3 rings (SSSR count). The van der Waals surface area contributed by atoms with Crippen LogP contribution < -0.4 is 10.2 Å². The number of nitrogens with zero attached hydrogens (tertiary/aromatic N) is 1. The second-order valence-corrected chi connectivity index (χ2v) is 6.07. The zero-order valence-electron chi connectivity index (χ0n) is 13.6. The van der Waals surface area contributed by atoms with Crippen molar-refractivity contribution in [3.63, 3.8) is 0 Å². The second kappa shape index (κ2) is 5.88. The van der Waals surface area contributed by atoms with Crippen LogP contribution >= 0.6 is 0 Å². The van der Waals surface area contributed by atoms with Gasteiger partial charge in [-0.1, -0.05) is 35.9 Å². The molecule has 4 nitrogen and oxygen atoms in total. The average molecular weight is 308 g/mol. The molecule has 1 N–H and O–H groups in total. The molecule has 0 spiro atoms. The monoisotopic (exact) mass is 308 g/mol. The van der Waals surface area contributed by atoms with Gasteiger partial charge in [0.25, 0.3) is 5.91 Å². The quantitative estimate of drug-likeness (QED) is 0.885. The predicted molar refractivity (Wildman–Crippen MR) is 91.6 cm³/mol. The largest absolute Gasteiger partial charge is 0.373 e. The molecule has 1 aliphatic rings. The van der Waals surface area contributed by atoms with Gasteiger partial charge in [-0.2, -0.15) is 0 Å². The normalized spacial score (nSPS) is 17.7. The lowest BCUT2D eigenvalue weighted by Crippen LogP contribution is -2.35. The van der Waals surface area contributed by atoms with Crippen molar-refractivity contribution in [2.24, 2.45) is 0 Å². The lowest BCUT2D eigenvalue weighted by atomic mass is 10.1. The molecule has 0 aromatic heterocycles. The second-order valence-electron chi connectivity index (χ2n) is 6.07. The summed E-state index contributed by atoms with van der Waals surface area (Å²) in [4.78, 5) is 26.4. The fourth-order valence-electron chi connectivity index (χ4n) is 2.98. The molecule has 1 fully saturated rings. The standard InChI is InChI=1S/C19H20N2O2/c1-12-8-9-17(14(3)10-12)21-18(22)11-16(19(21)23)20-15-7-5-4-6-13(15)2/h4-10,16,20H,11H2,1-3H3. The first kappa shape index (κ1) is 15.3. The Balaban J connectivity index is 1.87. The van der Waals surface area contributed by atoms with Gasteiger partial charge < -0.3 is 5.32 Å². The van der Waals surface area contributed by atoms with Gasteiger partial charge in [0.05, 0.1) is 12.1 Å². The molecule has 2 aromatic rings. The van der Waals surface area contributed by atoms with Gasteiger partial charge in [-0.25, -0.2) is 4.90 Å². The van der Waals surface area contributed by atoms with Gasteiger partial charge in [-0.3, -0.25) is 9.59 Å². The van der Waals surface area contributed by atoms with Gasteiger partial charge in [-0.15, -0.1) is 0 Å².